The monoisotopic (exact) mass is 599 g/mol. The molecule has 0 N–H and O–H groups in total. The number of fused-ring (bicyclic) bond motifs is 2. The average molecular weight is 600 g/mol. The number of thioether (sulfide) groups is 1. The zero-order valence-electron chi connectivity index (χ0n) is 23.2. The highest BCUT2D eigenvalue weighted by Crippen LogP contribution is 2.39. The Balaban J connectivity index is 1.24. The van der Waals surface area contributed by atoms with Gasteiger partial charge in [-0.15, -0.1) is 0 Å². The molecule has 0 radical (unpaired) electrons. The first-order valence-electron chi connectivity index (χ1n) is 13.8. The Kier molecular flexibility index (Phi) is 8.47. The molecule has 0 aliphatic carbocycles. The lowest BCUT2D eigenvalue weighted by molar-refractivity contribution is 0.0265. The van der Waals surface area contributed by atoms with Gasteiger partial charge in [-0.2, -0.15) is 0 Å². The predicted molar refractivity (Wildman–Crippen MR) is 165 cm³/mol. The van der Waals surface area contributed by atoms with Gasteiger partial charge in [0.05, 0.1) is 18.4 Å². The summed E-state index contributed by atoms with van der Waals surface area (Å²) in [5, 5.41) is 3.48. The lowest BCUT2D eigenvalue weighted by Gasteiger charge is -2.40. The van der Waals surface area contributed by atoms with Crippen LogP contribution in [0.25, 0.3) is 15.6 Å². The average Bonchev–Trinajstić information content (AvgIpc) is 3.03. The summed E-state index contributed by atoms with van der Waals surface area (Å²) in [7, 11) is 0. The Morgan fingerprint density at radius 2 is 1.93 bits per heavy atom. The van der Waals surface area contributed by atoms with Gasteiger partial charge >= 0.3 is 6.09 Å². The highest BCUT2D eigenvalue weighted by atomic mass is 35.5. The van der Waals surface area contributed by atoms with Gasteiger partial charge in [0.1, 0.15) is 18.5 Å². The third-order valence-electron chi connectivity index (χ3n) is 7.80. The SMILES string of the molecule is [C-]#[N+]C[C@H]1CN(c2nc(SC)nc3c2CO[C@H](c2cccc4cccc(Cl)c24)C3)CCN1C(=O)OCc1ccccc1. The number of piperazine rings is 1. The standard InChI is InChI=1S/C32H30ClN5O3S/c1-34-17-23-18-37(14-15-38(23)32(39)41-19-21-8-4-3-5-9-21)30-25-20-40-28(16-27(25)35-31(36-30)42-2)24-12-6-10-22-11-7-13-26(33)29(22)24/h3-13,23,28H,14-20H2,2H3/t23-,28-/m0/s1. The van der Waals surface area contributed by atoms with Crippen LogP contribution in [0.1, 0.15) is 28.5 Å². The zero-order chi connectivity index (χ0) is 29.1. The molecule has 214 valence electrons. The molecule has 8 nitrogen and oxygen atoms in total. The van der Waals surface area contributed by atoms with Gasteiger partial charge in [0, 0.05) is 42.0 Å². The van der Waals surface area contributed by atoms with Crippen molar-refractivity contribution in [1.29, 1.82) is 0 Å². The van der Waals surface area contributed by atoms with E-state index in [0.717, 1.165) is 39.0 Å². The fourth-order valence-corrected chi connectivity index (χ4v) is 6.40. The van der Waals surface area contributed by atoms with Gasteiger partial charge < -0.3 is 19.2 Å². The van der Waals surface area contributed by atoms with Crippen molar-refractivity contribution in [2.75, 3.05) is 37.3 Å². The molecule has 6 rings (SSSR count). The van der Waals surface area contributed by atoms with E-state index in [9.17, 15) is 4.79 Å². The number of carbonyl (C=O) groups excluding carboxylic acids is 1. The maximum Gasteiger partial charge on any atom is 0.410 e. The zero-order valence-corrected chi connectivity index (χ0v) is 24.8. The second kappa shape index (κ2) is 12.6. The Hall–Kier alpha value is -3.84. The van der Waals surface area contributed by atoms with Gasteiger partial charge in [-0.05, 0) is 28.8 Å². The summed E-state index contributed by atoms with van der Waals surface area (Å²) in [6.45, 7) is 9.74. The number of carbonyl (C=O) groups is 1. The summed E-state index contributed by atoms with van der Waals surface area (Å²) in [5.74, 6) is 0.811. The van der Waals surface area contributed by atoms with Crippen LogP contribution in [0.2, 0.25) is 5.02 Å². The molecule has 4 aromatic rings. The Bertz CT molecular complexity index is 1640. The summed E-state index contributed by atoms with van der Waals surface area (Å²) in [5.41, 5.74) is 3.88. The van der Waals surface area contributed by atoms with E-state index in [2.05, 4.69) is 27.9 Å². The Morgan fingerprint density at radius 3 is 2.71 bits per heavy atom. The molecule has 2 atom stereocenters. The maximum atomic E-state index is 13.0. The molecule has 2 aliphatic heterocycles. The molecule has 2 aliphatic rings. The molecule has 1 saturated heterocycles. The number of halogens is 1. The van der Waals surface area contributed by atoms with Gasteiger partial charge in [-0.3, -0.25) is 4.90 Å². The quantitative estimate of drug-likeness (QED) is 0.141. The van der Waals surface area contributed by atoms with E-state index in [1.807, 2.05) is 54.8 Å². The van der Waals surface area contributed by atoms with E-state index < -0.39 is 6.09 Å². The highest BCUT2D eigenvalue weighted by Gasteiger charge is 2.36. The number of aromatic nitrogens is 2. The lowest BCUT2D eigenvalue weighted by atomic mass is 9.94. The molecule has 3 heterocycles. The van der Waals surface area contributed by atoms with Crippen molar-refractivity contribution in [3.05, 3.63) is 106 Å². The lowest BCUT2D eigenvalue weighted by Crippen LogP contribution is -2.57. The molecule has 42 heavy (non-hydrogen) atoms. The fraction of sp³-hybridized carbons (Fsp3) is 0.312. The first-order valence-corrected chi connectivity index (χ1v) is 15.4. The van der Waals surface area contributed by atoms with E-state index in [1.54, 1.807) is 4.90 Å². The van der Waals surface area contributed by atoms with Crippen molar-refractivity contribution in [3.8, 4) is 0 Å². The molecular weight excluding hydrogens is 570 g/mol. The number of benzene rings is 3. The van der Waals surface area contributed by atoms with E-state index in [4.69, 9.17) is 37.6 Å². The van der Waals surface area contributed by atoms with Crippen molar-refractivity contribution in [2.45, 2.75) is 36.9 Å². The van der Waals surface area contributed by atoms with Crippen molar-refractivity contribution < 1.29 is 14.3 Å². The first kappa shape index (κ1) is 28.3. The predicted octanol–water partition coefficient (Wildman–Crippen LogP) is 6.57. The smallest absolute Gasteiger partial charge is 0.410 e. The normalized spacial score (nSPS) is 18.4. The van der Waals surface area contributed by atoms with Crippen LogP contribution in [-0.2, 0) is 29.1 Å². The summed E-state index contributed by atoms with van der Waals surface area (Å²) in [4.78, 5) is 30.3. The fourth-order valence-electron chi connectivity index (χ4n) is 5.73. The number of anilines is 1. The molecule has 1 amide bonds. The molecule has 3 aromatic carbocycles. The number of ether oxygens (including phenoxy) is 2. The van der Waals surface area contributed by atoms with Gasteiger partial charge in [0.2, 0.25) is 6.54 Å². The Labute approximate surface area is 254 Å². The second-order valence-corrected chi connectivity index (χ2v) is 11.5. The van der Waals surface area contributed by atoms with Crippen LogP contribution in [0.4, 0.5) is 10.6 Å². The summed E-state index contributed by atoms with van der Waals surface area (Å²) >= 11 is 8.13. The minimum Gasteiger partial charge on any atom is -0.445 e. The van der Waals surface area contributed by atoms with Crippen LogP contribution in [0.15, 0.2) is 71.9 Å². The van der Waals surface area contributed by atoms with Crippen LogP contribution >= 0.6 is 23.4 Å². The Morgan fingerprint density at radius 1 is 1.12 bits per heavy atom. The molecule has 1 aromatic heterocycles. The third kappa shape index (κ3) is 5.75. The molecule has 0 bridgehead atoms. The van der Waals surface area contributed by atoms with Crippen LogP contribution in [0, 0.1) is 6.57 Å². The van der Waals surface area contributed by atoms with Crippen molar-refractivity contribution >= 4 is 46.0 Å². The molecule has 0 unspecified atom stereocenters. The van der Waals surface area contributed by atoms with E-state index in [0.29, 0.717) is 42.8 Å². The molecule has 0 spiro atoms. The van der Waals surface area contributed by atoms with Crippen LogP contribution < -0.4 is 4.90 Å². The van der Waals surface area contributed by atoms with Gasteiger partial charge in [0.15, 0.2) is 5.16 Å². The van der Waals surface area contributed by atoms with Gasteiger partial charge in [-0.25, -0.2) is 21.3 Å². The second-order valence-electron chi connectivity index (χ2n) is 10.3. The van der Waals surface area contributed by atoms with Crippen LogP contribution in [-0.4, -0.2) is 59.4 Å². The number of amides is 1. The first-order chi connectivity index (χ1) is 20.6. The number of hydrogen-bond acceptors (Lipinski definition) is 7. The minimum absolute atomic E-state index is 0.181. The molecule has 10 heteroatoms. The summed E-state index contributed by atoms with van der Waals surface area (Å²) in [6.07, 6.45) is 1.97. The highest BCUT2D eigenvalue weighted by molar-refractivity contribution is 7.98. The van der Waals surface area contributed by atoms with Gasteiger partial charge in [-0.1, -0.05) is 84.0 Å². The van der Waals surface area contributed by atoms with E-state index >= 15 is 0 Å². The maximum absolute atomic E-state index is 13.0. The molecule has 0 saturated carbocycles. The van der Waals surface area contributed by atoms with Crippen molar-refractivity contribution in [2.24, 2.45) is 0 Å². The topological polar surface area (TPSA) is 72.2 Å². The number of hydrogen-bond donors (Lipinski definition) is 0. The van der Waals surface area contributed by atoms with E-state index in [-0.39, 0.29) is 25.3 Å². The van der Waals surface area contributed by atoms with Crippen molar-refractivity contribution in [3.63, 3.8) is 0 Å². The largest absolute Gasteiger partial charge is 0.445 e. The van der Waals surface area contributed by atoms with Crippen molar-refractivity contribution in [1.82, 2.24) is 14.9 Å². The number of nitrogens with zero attached hydrogens (tertiary/aromatic N) is 5. The molecule has 1 fully saturated rings. The van der Waals surface area contributed by atoms with Crippen LogP contribution in [0.5, 0.6) is 0 Å². The third-order valence-corrected chi connectivity index (χ3v) is 8.66. The minimum atomic E-state index is -0.401. The summed E-state index contributed by atoms with van der Waals surface area (Å²) in [6, 6.07) is 21.4. The van der Waals surface area contributed by atoms with E-state index in [1.165, 1.54) is 11.8 Å². The van der Waals surface area contributed by atoms with Gasteiger partial charge in [0.25, 0.3) is 0 Å². The summed E-state index contributed by atoms with van der Waals surface area (Å²) < 4.78 is 12.1. The van der Waals surface area contributed by atoms with Crippen LogP contribution in [0.3, 0.4) is 0 Å². The molecular formula is C32H30ClN5O3S. The number of rotatable bonds is 6.